The molecule has 0 fully saturated rings. The number of benzene rings is 1. The fourth-order valence-corrected chi connectivity index (χ4v) is 3.17. The largest absolute Gasteiger partial charge is 0.493 e. The van der Waals surface area contributed by atoms with Crippen LogP contribution >= 0.6 is 22.9 Å². The maximum Gasteiger partial charge on any atom is 0.128 e. The van der Waals surface area contributed by atoms with Gasteiger partial charge in [-0.05, 0) is 34.7 Å². The molecule has 0 spiro atoms. The Morgan fingerprint density at radius 3 is 3.06 bits per heavy atom. The first-order valence-corrected chi connectivity index (χ1v) is 6.68. The molecular formula is C13H11ClO2S. The maximum absolute atomic E-state index is 9.27. The summed E-state index contributed by atoms with van der Waals surface area (Å²) >= 11 is 7.82. The Morgan fingerprint density at radius 2 is 2.24 bits per heavy atom. The highest BCUT2D eigenvalue weighted by Crippen LogP contribution is 2.40. The van der Waals surface area contributed by atoms with Gasteiger partial charge in [0.15, 0.2) is 0 Å². The topological polar surface area (TPSA) is 29.5 Å². The minimum absolute atomic E-state index is 0.0500. The summed E-state index contributed by atoms with van der Waals surface area (Å²) in [6, 6.07) is 5.83. The van der Waals surface area contributed by atoms with Crippen LogP contribution in [-0.4, -0.2) is 11.7 Å². The molecular weight excluding hydrogens is 256 g/mol. The van der Waals surface area contributed by atoms with Crippen molar-refractivity contribution in [3.8, 4) is 16.9 Å². The van der Waals surface area contributed by atoms with Crippen molar-refractivity contribution in [3.05, 3.63) is 39.0 Å². The van der Waals surface area contributed by atoms with Gasteiger partial charge in [-0.2, -0.15) is 0 Å². The van der Waals surface area contributed by atoms with Crippen molar-refractivity contribution in [1.82, 2.24) is 0 Å². The van der Waals surface area contributed by atoms with Gasteiger partial charge in [0, 0.05) is 21.9 Å². The lowest BCUT2D eigenvalue weighted by Crippen LogP contribution is -1.98. The standard InChI is InChI=1S/C13H11ClO2S/c14-11-6-12-10(5-8(11)7-15)9-2-4-17-13(9)1-3-16-12/h2,4-6,15H,1,3,7H2. The summed E-state index contributed by atoms with van der Waals surface area (Å²) in [7, 11) is 0. The molecule has 4 heteroatoms. The lowest BCUT2D eigenvalue weighted by atomic mass is 10.0. The number of hydrogen-bond acceptors (Lipinski definition) is 3. The van der Waals surface area contributed by atoms with Crippen molar-refractivity contribution in [2.75, 3.05) is 6.61 Å². The molecule has 0 saturated carbocycles. The third kappa shape index (κ3) is 1.84. The van der Waals surface area contributed by atoms with Crippen LogP contribution in [0.2, 0.25) is 5.02 Å². The van der Waals surface area contributed by atoms with E-state index in [1.165, 1.54) is 10.4 Å². The highest BCUT2D eigenvalue weighted by molar-refractivity contribution is 7.10. The maximum atomic E-state index is 9.27. The molecule has 0 bridgehead atoms. The quantitative estimate of drug-likeness (QED) is 0.856. The first-order chi connectivity index (χ1) is 8.29. The third-order valence-corrected chi connectivity index (χ3v) is 4.27. The summed E-state index contributed by atoms with van der Waals surface area (Å²) < 4.78 is 5.71. The Kier molecular flexibility index (Phi) is 2.82. The number of ether oxygens (including phenoxy) is 1. The molecule has 1 aromatic heterocycles. The zero-order valence-electron chi connectivity index (χ0n) is 9.07. The summed E-state index contributed by atoms with van der Waals surface area (Å²) in [6.45, 7) is 0.626. The van der Waals surface area contributed by atoms with E-state index in [-0.39, 0.29) is 6.61 Å². The molecule has 0 atom stereocenters. The molecule has 0 aliphatic carbocycles. The first-order valence-electron chi connectivity index (χ1n) is 5.42. The molecule has 2 aromatic rings. The highest BCUT2D eigenvalue weighted by Gasteiger charge is 2.18. The average molecular weight is 267 g/mol. The van der Waals surface area contributed by atoms with E-state index in [1.54, 1.807) is 17.4 Å². The highest BCUT2D eigenvalue weighted by atomic mass is 35.5. The van der Waals surface area contributed by atoms with E-state index in [4.69, 9.17) is 16.3 Å². The SMILES string of the molecule is OCc1cc2c(cc1Cl)OCCc1sccc1-2. The minimum atomic E-state index is -0.0500. The molecule has 1 aromatic carbocycles. The van der Waals surface area contributed by atoms with Crippen molar-refractivity contribution in [3.63, 3.8) is 0 Å². The number of hydrogen-bond donors (Lipinski definition) is 1. The molecule has 0 amide bonds. The Bertz CT molecular complexity index is 563. The van der Waals surface area contributed by atoms with Gasteiger partial charge in [0.25, 0.3) is 0 Å². The van der Waals surface area contributed by atoms with Crippen molar-refractivity contribution in [2.45, 2.75) is 13.0 Å². The summed E-state index contributed by atoms with van der Waals surface area (Å²) in [5.74, 6) is 0.810. The van der Waals surface area contributed by atoms with Crippen LogP contribution in [0.4, 0.5) is 0 Å². The number of fused-ring (bicyclic) bond motifs is 3. The van der Waals surface area contributed by atoms with Gasteiger partial charge in [0.1, 0.15) is 5.75 Å². The Hall–Kier alpha value is -1.03. The Labute approximate surface area is 108 Å². The molecule has 2 nitrogen and oxygen atoms in total. The van der Waals surface area contributed by atoms with Gasteiger partial charge in [-0.1, -0.05) is 11.6 Å². The van der Waals surface area contributed by atoms with E-state index in [0.29, 0.717) is 11.6 Å². The molecule has 2 heterocycles. The molecule has 3 rings (SSSR count). The number of rotatable bonds is 1. The second kappa shape index (κ2) is 4.33. The molecule has 1 aliphatic rings. The van der Waals surface area contributed by atoms with Crippen LogP contribution < -0.4 is 4.74 Å². The molecule has 17 heavy (non-hydrogen) atoms. The lowest BCUT2D eigenvalue weighted by Gasteiger charge is -2.10. The zero-order chi connectivity index (χ0) is 11.8. The van der Waals surface area contributed by atoms with Gasteiger partial charge in [0.05, 0.1) is 13.2 Å². The number of thiophene rings is 1. The third-order valence-electron chi connectivity index (χ3n) is 2.94. The van der Waals surface area contributed by atoms with Gasteiger partial charge in [0.2, 0.25) is 0 Å². The van der Waals surface area contributed by atoms with Crippen LogP contribution in [0.5, 0.6) is 5.75 Å². The first kappa shape index (κ1) is 11.1. The minimum Gasteiger partial charge on any atom is -0.493 e. The summed E-state index contributed by atoms with van der Waals surface area (Å²) in [4.78, 5) is 1.33. The zero-order valence-corrected chi connectivity index (χ0v) is 10.6. The van der Waals surface area contributed by atoms with Crippen LogP contribution in [0.15, 0.2) is 23.6 Å². The molecule has 1 N–H and O–H groups in total. The van der Waals surface area contributed by atoms with Gasteiger partial charge in [-0.3, -0.25) is 0 Å². The number of aliphatic hydroxyl groups is 1. The molecule has 1 aliphatic heterocycles. The van der Waals surface area contributed by atoms with Crippen LogP contribution in [0.25, 0.3) is 11.1 Å². The van der Waals surface area contributed by atoms with E-state index in [1.807, 2.05) is 6.07 Å². The smallest absolute Gasteiger partial charge is 0.128 e. The van der Waals surface area contributed by atoms with Crippen molar-refractivity contribution >= 4 is 22.9 Å². The van der Waals surface area contributed by atoms with Gasteiger partial charge >= 0.3 is 0 Å². The Morgan fingerprint density at radius 1 is 1.35 bits per heavy atom. The van der Waals surface area contributed by atoms with Crippen LogP contribution in [0.1, 0.15) is 10.4 Å². The van der Waals surface area contributed by atoms with Gasteiger partial charge in [-0.15, -0.1) is 11.3 Å². The van der Waals surface area contributed by atoms with E-state index >= 15 is 0 Å². The van der Waals surface area contributed by atoms with Gasteiger partial charge < -0.3 is 9.84 Å². The second-order valence-corrected chi connectivity index (χ2v) is 5.36. The van der Waals surface area contributed by atoms with Gasteiger partial charge in [-0.25, -0.2) is 0 Å². The predicted octanol–water partition coefficient (Wildman–Crippen LogP) is 3.50. The summed E-state index contributed by atoms with van der Waals surface area (Å²) in [6.07, 6.45) is 0.924. The van der Waals surface area contributed by atoms with E-state index in [0.717, 1.165) is 23.3 Å². The fraction of sp³-hybridized carbons (Fsp3) is 0.231. The number of aliphatic hydroxyl groups excluding tert-OH is 1. The van der Waals surface area contributed by atoms with E-state index < -0.39 is 0 Å². The van der Waals surface area contributed by atoms with Crippen LogP contribution in [-0.2, 0) is 13.0 Å². The van der Waals surface area contributed by atoms with Crippen molar-refractivity contribution in [1.29, 1.82) is 0 Å². The van der Waals surface area contributed by atoms with Crippen molar-refractivity contribution in [2.24, 2.45) is 0 Å². The Balaban J connectivity index is 2.24. The normalized spacial score (nSPS) is 13.5. The summed E-state index contributed by atoms with van der Waals surface area (Å²) in [5, 5.41) is 11.9. The molecule has 0 saturated heterocycles. The predicted molar refractivity (Wildman–Crippen MR) is 69.9 cm³/mol. The van der Waals surface area contributed by atoms with Crippen molar-refractivity contribution < 1.29 is 9.84 Å². The summed E-state index contributed by atoms with van der Waals surface area (Å²) in [5.41, 5.74) is 2.98. The lowest BCUT2D eigenvalue weighted by molar-refractivity contribution is 0.281. The molecule has 0 radical (unpaired) electrons. The fourth-order valence-electron chi connectivity index (χ4n) is 2.08. The van der Waals surface area contributed by atoms with E-state index in [2.05, 4.69) is 11.4 Å². The van der Waals surface area contributed by atoms with Crippen LogP contribution in [0, 0.1) is 0 Å². The van der Waals surface area contributed by atoms with E-state index in [9.17, 15) is 5.11 Å². The number of halogens is 1. The molecule has 88 valence electrons. The average Bonchev–Trinajstić information content (AvgIpc) is 2.72. The second-order valence-electron chi connectivity index (χ2n) is 3.95. The monoisotopic (exact) mass is 266 g/mol. The van der Waals surface area contributed by atoms with Crippen LogP contribution in [0.3, 0.4) is 0 Å². The molecule has 0 unspecified atom stereocenters.